The molecule has 0 aliphatic carbocycles. The Labute approximate surface area is 191 Å². The molecule has 0 saturated carbocycles. The van der Waals surface area contributed by atoms with Crippen LogP contribution in [0.25, 0.3) is 0 Å². The van der Waals surface area contributed by atoms with E-state index >= 15 is 0 Å². The van der Waals surface area contributed by atoms with Crippen molar-refractivity contribution >= 4 is 6.09 Å². The highest BCUT2D eigenvalue weighted by Gasteiger charge is 2.39. The summed E-state index contributed by atoms with van der Waals surface area (Å²) in [5.41, 5.74) is 1.74. The number of amides is 1. The van der Waals surface area contributed by atoms with Gasteiger partial charge in [0, 0.05) is 25.2 Å². The summed E-state index contributed by atoms with van der Waals surface area (Å²) in [6.07, 6.45) is -1.41. The molecular formula is C26H26F2N2O3. The molecule has 172 valence electrons. The standard InChI is InChI=1S/C26H26F2N2O3/c27-22-12-7-13-23(28)21(22)15-29(14-19-8-3-1-4-9-19)24-16-30(17-25(24)31)26(32)33-18-20-10-5-2-6-11-20/h1-13,24-25,31H,14-18H2/t24-,25-/m1/s1. The second-order valence-electron chi connectivity index (χ2n) is 8.17. The molecule has 1 saturated heterocycles. The number of benzene rings is 3. The zero-order valence-electron chi connectivity index (χ0n) is 18.1. The van der Waals surface area contributed by atoms with E-state index in [4.69, 9.17) is 4.74 Å². The number of β-amino-alcohol motifs (C(OH)–C–C–N with tert-alkyl or cyclic N) is 1. The Kier molecular flexibility index (Phi) is 7.32. The van der Waals surface area contributed by atoms with Crippen LogP contribution in [0.15, 0.2) is 78.9 Å². The van der Waals surface area contributed by atoms with Crippen LogP contribution in [0.2, 0.25) is 0 Å². The summed E-state index contributed by atoms with van der Waals surface area (Å²) < 4.78 is 34.2. The lowest BCUT2D eigenvalue weighted by Crippen LogP contribution is -2.43. The van der Waals surface area contributed by atoms with Crippen molar-refractivity contribution < 1.29 is 23.4 Å². The van der Waals surface area contributed by atoms with Gasteiger partial charge in [0.05, 0.1) is 18.7 Å². The Morgan fingerprint density at radius 1 is 0.879 bits per heavy atom. The normalized spacial score (nSPS) is 18.0. The SMILES string of the molecule is O=C(OCc1ccccc1)N1C[C@@H](O)[C@H](N(Cc2ccccc2)Cc2c(F)cccc2F)C1. The lowest BCUT2D eigenvalue weighted by molar-refractivity contribution is 0.0713. The Balaban J connectivity index is 1.49. The summed E-state index contributed by atoms with van der Waals surface area (Å²) >= 11 is 0. The highest BCUT2D eigenvalue weighted by atomic mass is 19.1. The van der Waals surface area contributed by atoms with Crippen LogP contribution in [0, 0.1) is 11.6 Å². The molecule has 1 aliphatic rings. The number of nitrogens with zero attached hydrogens (tertiary/aromatic N) is 2. The molecule has 1 aliphatic heterocycles. The Morgan fingerprint density at radius 2 is 1.48 bits per heavy atom. The predicted molar refractivity (Wildman–Crippen MR) is 120 cm³/mol. The van der Waals surface area contributed by atoms with Gasteiger partial charge in [-0.05, 0) is 23.3 Å². The van der Waals surface area contributed by atoms with Crippen LogP contribution in [0.5, 0.6) is 0 Å². The van der Waals surface area contributed by atoms with Crippen molar-refractivity contribution in [3.8, 4) is 0 Å². The van der Waals surface area contributed by atoms with E-state index < -0.39 is 29.9 Å². The van der Waals surface area contributed by atoms with E-state index in [9.17, 15) is 18.7 Å². The summed E-state index contributed by atoms with van der Waals surface area (Å²) in [7, 11) is 0. The van der Waals surface area contributed by atoms with E-state index in [2.05, 4.69) is 0 Å². The molecule has 0 spiro atoms. The first-order chi connectivity index (χ1) is 16.0. The first-order valence-electron chi connectivity index (χ1n) is 10.9. The molecule has 0 unspecified atom stereocenters. The average Bonchev–Trinajstić information content (AvgIpc) is 3.22. The molecule has 0 radical (unpaired) electrons. The van der Waals surface area contributed by atoms with Gasteiger partial charge in [0.2, 0.25) is 0 Å². The van der Waals surface area contributed by atoms with Crippen LogP contribution in [-0.2, 0) is 24.4 Å². The largest absolute Gasteiger partial charge is 0.445 e. The minimum atomic E-state index is -0.882. The predicted octanol–water partition coefficient (Wildman–Crippen LogP) is 4.35. The van der Waals surface area contributed by atoms with Crippen molar-refractivity contribution in [2.24, 2.45) is 0 Å². The van der Waals surface area contributed by atoms with Crippen molar-refractivity contribution in [1.82, 2.24) is 9.80 Å². The number of hydrogen-bond acceptors (Lipinski definition) is 4. The quantitative estimate of drug-likeness (QED) is 0.579. The Bertz CT molecular complexity index is 1050. The van der Waals surface area contributed by atoms with Gasteiger partial charge < -0.3 is 14.7 Å². The minimum absolute atomic E-state index is 0.0397. The molecule has 0 aromatic heterocycles. The lowest BCUT2D eigenvalue weighted by atomic mass is 10.1. The number of carbonyl (C=O) groups is 1. The monoisotopic (exact) mass is 452 g/mol. The smallest absolute Gasteiger partial charge is 0.410 e. The van der Waals surface area contributed by atoms with Crippen molar-refractivity contribution in [1.29, 1.82) is 0 Å². The molecule has 4 rings (SSSR count). The minimum Gasteiger partial charge on any atom is -0.445 e. The molecule has 33 heavy (non-hydrogen) atoms. The van der Waals surface area contributed by atoms with Gasteiger partial charge in [-0.2, -0.15) is 0 Å². The highest BCUT2D eigenvalue weighted by molar-refractivity contribution is 5.68. The number of halogens is 2. The van der Waals surface area contributed by atoms with Crippen LogP contribution in [0.1, 0.15) is 16.7 Å². The fraction of sp³-hybridized carbons (Fsp3) is 0.269. The van der Waals surface area contributed by atoms with Crippen LogP contribution in [0.4, 0.5) is 13.6 Å². The maximum absolute atomic E-state index is 14.4. The summed E-state index contributed by atoms with van der Waals surface area (Å²) in [6.45, 7) is 0.734. The maximum Gasteiger partial charge on any atom is 0.410 e. The lowest BCUT2D eigenvalue weighted by Gasteiger charge is -2.31. The molecule has 5 nitrogen and oxygen atoms in total. The molecule has 1 amide bonds. The third-order valence-corrected chi connectivity index (χ3v) is 5.84. The third kappa shape index (κ3) is 5.74. The maximum atomic E-state index is 14.4. The van der Waals surface area contributed by atoms with E-state index in [1.165, 1.54) is 23.1 Å². The fourth-order valence-electron chi connectivity index (χ4n) is 4.08. The number of aliphatic hydroxyl groups is 1. The second-order valence-corrected chi connectivity index (χ2v) is 8.17. The zero-order chi connectivity index (χ0) is 23.2. The second kappa shape index (κ2) is 10.6. The third-order valence-electron chi connectivity index (χ3n) is 5.84. The van der Waals surface area contributed by atoms with Gasteiger partial charge >= 0.3 is 6.09 Å². The van der Waals surface area contributed by atoms with Gasteiger partial charge in [-0.25, -0.2) is 13.6 Å². The number of hydrogen-bond donors (Lipinski definition) is 1. The van der Waals surface area contributed by atoms with Gasteiger partial charge in [0.25, 0.3) is 0 Å². The van der Waals surface area contributed by atoms with Crippen LogP contribution >= 0.6 is 0 Å². The Hall–Kier alpha value is -3.29. The number of rotatable bonds is 7. The molecule has 0 bridgehead atoms. The Morgan fingerprint density at radius 3 is 2.12 bits per heavy atom. The van der Waals surface area contributed by atoms with Gasteiger partial charge in [-0.1, -0.05) is 66.7 Å². The van der Waals surface area contributed by atoms with Crippen LogP contribution in [0.3, 0.4) is 0 Å². The average molecular weight is 453 g/mol. The first-order valence-corrected chi connectivity index (χ1v) is 10.9. The molecule has 3 aromatic carbocycles. The van der Waals surface area contributed by atoms with Gasteiger partial charge in [0.1, 0.15) is 18.2 Å². The topological polar surface area (TPSA) is 53.0 Å². The van der Waals surface area contributed by atoms with E-state index in [1.54, 1.807) is 0 Å². The van der Waals surface area contributed by atoms with Crippen LogP contribution in [-0.4, -0.2) is 46.2 Å². The van der Waals surface area contributed by atoms with Crippen molar-refractivity contribution in [3.05, 3.63) is 107 Å². The molecule has 1 fully saturated rings. The van der Waals surface area contributed by atoms with E-state index in [0.717, 1.165) is 11.1 Å². The summed E-state index contributed by atoms with van der Waals surface area (Å²) in [6, 6.07) is 22.1. The summed E-state index contributed by atoms with van der Waals surface area (Å²) in [4.78, 5) is 15.9. The number of carbonyl (C=O) groups excluding carboxylic acids is 1. The van der Waals surface area contributed by atoms with E-state index in [0.29, 0.717) is 6.54 Å². The van der Waals surface area contributed by atoms with Gasteiger partial charge in [-0.3, -0.25) is 4.90 Å². The highest BCUT2D eigenvalue weighted by Crippen LogP contribution is 2.24. The molecule has 2 atom stereocenters. The van der Waals surface area contributed by atoms with Crippen molar-refractivity contribution in [3.63, 3.8) is 0 Å². The van der Waals surface area contributed by atoms with Crippen molar-refractivity contribution in [2.75, 3.05) is 13.1 Å². The van der Waals surface area contributed by atoms with E-state index in [-0.39, 0.29) is 31.8 Å². The molecule has 3 aromatic rings. The van der Waals surface area contributed by atoms with Gasteiger partial charge in [0.15, 0.2) is 0 Å². The number of likely N-dealkylation sites (tertiary alicyclic amines) is 1. The molecule has 7 heteroatoms. The van der Waals surface area contributed by atoms with Gasteiger partial charge in [-0.15, -0.1) is 0 Å². The van der Waals surface area contributed by atoms with Crippen molar-refractivity contribution in [2.45, 2.75) is 31.8 Å². The van der Waals surface area contributed by atoms with E-state index in [1.807, 2.05) is 65.6 Å². The summed E-state index contributed by atoms with van der Waals surface area (Å²) in [5, 5.41) is 10.8. The number of aliphatic hydroxyl groups excluding tert-OH is 1. The molecule has 1 heterocycles. The van der Waals surface area contributed by atoms with Crippen LogP contribution < -0.4 is 0 Å². The molecule has 1 N–H and O–H groups in total. The zero-order valence-corrected chi connectivity index (χ0v) is 18.1. The summed E-state index contributed by atoms with van der Waals surface area (Å²) in [5.74, 6) is -1.28. The molecular weight excluding hydrogens is 426 g/mol. The number of ether oxygens (including phenoxy) is 1. The fourth-order valence-corrected chi connectivity index (χ4v) is 4.08. The first kappa shape index (κ1) is 22.9.